The Kier molecular flexibility index (Phi) is 5.94. The van der Waals surface area contributed by atoms with Crippen molar-refractivity contribution >= 4 is 33.2 Å². The van der Waals surface area contributed by atoms with Crippen LogP contribution in [0.3, 0.4) is 0 Å². The highest BCUT2D eigenvalue weighted by atomic mass is 79.9. The molecule has 0 radical (unpaired) electrons. The summed E-state index contributed by atoms with van der Waals surface area (Å²) in [7, 11) is 0. The first-order valence-corrected chi connectivity index (χ1v) is 9.07. The van der Waals surface area contributed by atoms with Crippen LogP contribution in [-0.4, -0.2) is 38.3 Å². The number of hydrogen-bond donors (Lipinski definition) is 1. The van der Waals surface area contributed by atoms with Crippen molar-refractivity contribution in [1.82, 2.24) is 0 Å². The van der Waals surface area contributed by atoms with Crippen LogP contribution in [-0.2, 0) is 9.53 Å². The third-order valence-electron chi connectivity index (χ3n) is 4.01. The van der Waals surface area contributed by atoms with Gasteiger partial charge in [-0.25, -0.2) is 0 Å². The van der Waals surface area contributed by atoms with E-state index in [0.717, 1.165) is 28.9 Å². The number of nitrogens with one attached hydrogen (secondary N) is 1. The molecule has 0 bridgehead atoms. The van der Waals surface area contributed by atoms with Gasteiger partial charge < -0.3 is 19.7 Å². The maximum Gasteiger partial charge on any atom is 0.265 e. The number of rotatable bonds is 5. The van der Waals surface area contributed by atoms with Gasteiger partial charge in [-0.3, -0.25) is 4.79 Å². The number of ether oxygens (including phenoxy) is 2. The molecule has 5 nitrogen and oxygen atoms in total. The highest BCUT2D eigenvalue weighted by Gasteiger charge is 2.19. The Hall–Kier alpha value is -2.05. The Morgan fingerprint density at radius 2 is 1.84 bits per heavy atom. The van der Waals surface area contributed by atoms with E-state index in [1.807, 2.05) is 48.5 Å². The van der Waals surface area contributed by atoms with Crippen LogP contribution in [0.5, 0.6) is 5.75 Å². The minimum absolute atomic E-state index is 0.177. The number of amides is 1. The van der Waals surface area contributed by atoms with E-state index in [4.69, 9.17) is 9.47 Å². The highest BCUT2D eigenvalue weighted by molar-refractivity contribution is 9.10. The van der Waals surface area contributed by atoms with E-state index in [2.05, 4.69) is 26.1 Å². The average molecular weight is 405 g/mol. The van der Waals surface area contributed by atoms with Gasteiger partial charge in [0.25, 0.3) is 5.91 Å². The van der Waals surface area contributed by atoms with E-state index < -0.39 is 6.10 Å². The molecule has 0 aromatic heterocycles. The van der Waals surface area contributed by atoms with Gasteiger partial charge in [-0.1, -0.05) is 28.1 Å². The van der Waals surface area contributed by atoms with Gasteiger partial charge in [-0.05, 0) is 43.3 Å². The van der Waals surface area contributed by atoms with E-state index in [1.54, 1.807) is 6.92 Å². The van der Waals surface area contributed by atoms with Crippen molar-refractivity contribution in [1.29, 1.82) is 0 Å². The first-order valence-electron chi connectivity index (χ1n) is 8.28. The lowest BCUT2D eigenvalue weighted by Gasteiger charge is -2.30. The molecule has 1 atom stereocenters. The molecule has 1 aliphatic heterocycles. The van der Waals surface area contributed by atoms with Crippen molar-refractivity contribution in [3.8, 4) is 5.75 Å². The van der Waals surface area contributed by atoms with E-state index in [1.165, 1.54) is 0 Å². The fourth-order valence-corrected chi connectivity index (χ4v) is 2.93. The van der Waals surface area contributed by atoms with Crippen LogP contribution in [0.4, 0.5) is 11.4 Å². The standard InChI is InChI=1S/C19H21BrN2O3/c1-14(25-16-8-6-15(20)7-9-16)19(23)21-17-4-2-3-5-18(17)22-10-12-24-13-11-22/h2-9,14H,10-13H2,1H3,(H,21,23). The number of halogens is 1. The molecule has 3 rings (SSSR count). The summed E-state index contributed by atoms with van der Waals surface area (Å²) in [6.07, 6.45) is -0.598. The van der Waals surface area contributed by atoms with Gasteiger partial charge in [-0.2, -0.15) is 0 Å². The van der Waals surface area contributed by atoms with Crippen molar-refractivity contribution < 1.29 is 14.3 Å². The van der Waals surface area contributed by atoms with Crippen molar-refractivity contribution in [2.75, 3.05) is 36.5 Å². The minimum Gasteiger partial charge on any atom is -0.481 e. The van der Waals surface area contributed by atoms with Crippen LogP contribution < -0.4 is 15.0 Å². The molecule has 0 spiro atoms. The monoisotopic (exact) mass is 404 g/mol. The number of benzene rings is 2. The molecule has 1 N–H and O–H groups in total. The second-order valence-electron chi connectivity index (χ2n) is 5.82. The van der Waals surface area contributed by atoms with Crippen molar-refractivity contribution in [2.45, 2.75) is 13.0 Å². The average Bonchev–Trinajstić information content (AvgIpc) is 2.64. The molecular weight excluding hydrogens is 384 g/mol. The molecule has 6 heteroatoms. The second-order valence-corrected chi connectivity index (χ2v) is 6.74. The van der Waals surface area contributed by atoms with Gasteiger partial charge in [0, 0.05) is 17.6 Å². The molecule has 1 heterocycles. The van der Waals surface area contributed by atoms with Gasteiger partial charge in [0.1, 0.15) is 5.75 Å². The Morgan fingerprint density at radius 1 is 1.16 bits per heavy atom. The number of anilines is 2. The topological polar surface area (TPSA) is 50.8 Å². The first-order chi connectivity index (χ1) is 12.1. The van der Waals surface area contributed by atoms with E-state index >= 15 is 0 Å². The zero-order valence-electron chi connectivity index (χ0n) is 14.1. The predicted molar refractivity (Wildman–Crippen MR) is 102 cm³/mol. The predicted octanol–water partition coefficient (Wildman–Crippen LogP) is 3.69. The summed E-state index contributed by atoms with van der Waals surface area (Å²) < 4.78 is 12.1. The maximum absolute atomic E-state index is 12.5. The Morgan fingerprint density at radius 3 is 2.56 bits per heavy atom. The minimum atomic E-state index is -0.598. The summed E-state index contributed by atoms with van der Waals surface area (Å²) in [6.45, 7) is 4.78. The van der Waals surface area contributed by atoms with Crippen molar-refractivity contribution in [3.63, 3.8) is 0 Å². The number of carbonyl (C=O) groups excluding carboxylic acids is 1. The van der Waals surface area contributed by atoms with Crippen LogP contribution in [0.25, 0.3) is 0 Å². The van der Waals surface area contributed by atoms with Gasteiger partial charge in [0.05, 0.1) is 24.6 Å². The van der Waals surface area contributed by atoms with Crippen LogP contribution in [0, 0.1) is 0 Å². The molecule has 25 heavy (non-hydrogen) atoms. The third kappa shape index (κ3) is 4.74. The van der Waals surface area contributed by atoms with E-state index in [-0.39, 0.29) is 5.91 Å². The quantitative estimate of drug-likeness (QED) is 0.825. The lowest BCUT2D eigenvalue weighted by atomic mass is 10.2. The molecule has 0 saturated carbocycles. The van der Waals surface area contributed by atoms with Gasteiger partial charge >= 0.3 is 0 Å². The lowest BCUT2D eigenvalue weighted by molar-refractivity contribution is -0.122. The largest absolute Gasteiger partial charge is 0.481 e. The van der Waals surface area contributed by atoms with E-state index in [0.29, 0.717) is 19.0 Å². The summed E-state index contributed by atoms with van der Waals surface area (Å²) in [6, 6.07) is 15.2. The molecule has 1 fully saturated rings. The van der Waals surface area contributed by atoms with Gasteiger partial charge in [0.2, 0.25) is 0 Å². The molecule has 1 unspecified atom stereocenters. The summed E-state index contributed by atoms with van der Waals surface area (Å²) in [5.74, 6) is 0.482. The SMILES string of the molecule is CC(Oc1ccc(Br)cc1)C(=O)Nc1ccccc1N1CCOCC1. The molecule has 1 aliphatic rings. The highest BCUT2D eigenvalue weighted by Crippen LogP contribution is 2.26. The number of carbonyl (C=O) groups is 1. The number of para-hydroxylation sites is 2. The normalized spacial score (nSPS) is 15.5. The zero-order valence-corrected chi connectivity index (χ0v) is 15.7. The molecule has 132 valence electrons. The summed E-state index contributed by atoms with van der Waals surface area (Å²) >= 11 is 3.38. The second kappa shape index (κ2) is 8.36. The Bertz CT molecular complexity index is 715. The number of hydrogen-bond acceptors (Lipinski definition) is 4. The molecule has 2 aromatic carbocycles. The van der Waals surface area contributed by atoms with Gasteiger partial charge in [-0.15, -0.1) is 0 Å². The lowest BCUT2D eigenvalue weighted by Crippen LogP contribution is -2.37. The van der Waals surface area contributed by atoms with Crippen LogP contribution >= 0.6 is 15.9 Å². The summed E-state index contributed by atoms with van der Waals surface area (Å²) in [5.41, 5.74) is 1.80. The molecule has 1 saturated heterocycles. The molecule has 1 amide bonds. The maximum atomic E-state index is 12.5. The van der Waals surface area contributed by atoms with Crippen LogP contribution in [0.1, 0.15) is 6.92 Å². The smallest absolute Gasteiger partial charge is 0.265 e. The molecular formula is C19H21BrN2O3. The summed E-state index contributed by atoms with van der Waals surface area (Å²) in [4.78, 5) is 14.8. The van der Waals surface area contributed by atoms with E-state index in [9.17, 15) is 4.79 Å². The zero-order chi connectivity index (χ0) is 17.6. The van der Waals surface area contributed by atoms with Crippen molar-refractivity contribution in [3.05, 3.63) is 53.0 Å². The molecule has 0 aliphatic carbocycles. The number of nitrogens with zero attached hydrogens (tertiary/aromatic N) is 1. The van der Waals surface area contributed by atoms with Gasteiger partial charge in [0.15, 0.2) is 6.10 Å². The van der Waals surface area contributed by atoms with Crippen LogP contribution in [0.2, 0.25) is 0 Å². The number of morpholine rings is 1. The van der Waals surface area contributed by atoms with Crippen LogP contribution in [0.15, 0.2) is 53.0 Å². The Labute approximate surface area is 156 Å². The molecule has 2 aromatic rings. The fourth-order valence-electron chi connectivity index (χ4n) is 2.66. The Balaban J connectivity index is 1.66. The van der Waals surface area contributed by atoms with Crippen molar-refractivity contribution in [2.24, 2.45) is 0 Å². The first kappa shape index (κ1) is 17.8. The fraction of sp³-hybridized carbons (Fsp3) is 0.316. The summed E-state index contributed by atoms with van der Waals surface area (Å²) in [5, 5.41) is 2.98. The third-order valence-corrected chi connectivity index (χ3v) is 4.54.